The van der Waals surface area contributed by atoms with Gasteiger partial charge in [0.25, 0.3) is 15.9 Å². The van der Waals surface area contributed by atoms with E-state index in [0.717, 1.165) is 18.7 Å². The minimum absolute atomic E-state index is 0.00472. The summed E-state index contributed by atoms with van der Waals surface area (Å²) in [6.07, 6.45) is 0. The molecule has 0 aromatic heterocycles. The molecule has 0 spiro atoms. The standard InChI is InChI=1S/C19H22FN3O3S/c1-14-3-8-17(27(25,26)21-16-6-4-15(20)5-7-16)13-18(14)19(24)23-11-9-22(2)10-12-23/h3-8,13,21H,9-12H2,1-2H3. The molecule has 0 atom stereocenters. The van der Waals surface area contributed by atoms with Gasteiger partial charge in [-0.25, -0.2) is 12.8 Å². The van der Waals surface area contributed by atoms with Gasteiger partial charge in [0.2, 0.25) is 0 Å². The quantitative estimate of drug-likeness (QED) is 0.869. The van der Waals surface area contributed by atoms with E-state index in [1.807, 2.05) is 7.05 Å². The van der Waals surface area contributed by atoms with E-state index in [4.69, 9.17) is 0 Å². The number of likely N-dealkylation sites (N-methyl/N-ethyl adjacent to an activating group) is 1. The first-order valence-corrected chi connectivity index (χ1v) is 10.1. The van der Waals surface area contributed by atoms with Gasteiger partial charge < -0.3 is 9.80 Å². The predicted octanol–water partition coefficient (Wildman–Crippen LogP) is 2.32. The Morgan fingerprint density at radius 2 is 1.67 bits per heavy atom. The van der Waals surface area contributed by atoms with E-state index >= 15 is 0 Å². The lowest BCUT2D eigenvalue weighted by atomic mass is 10.1. The second-order valence-electron chi connectivity index (χ2n) is 6.68. The first-order chi connectivity index (χ1) is 12.8. The van der Waals surface area contributed by atoms with Gasteiger partial charge in [-0.15, -0.1) is 0 Å². The molecular formula is C19H22FN3O3S. The van der Waals surface area contributed by atoms with Crippen molar-refractivity contribution < 1.29 is 17.6 Å². The fourth-order valence-electron chi connectivity index (χ4n) is 2.91. The summed E-state index contributed by atoms with van der Waals surface area (Å²) in [7, 11) is -1.89. The Morgan fingerprint density at radius 1 is 1.04 bits per heavy atom. The predicted molar refractivity (Wildman–Crippen MR) is 102 cm³/mol. The molecule has 27 heavy (non-hydrogen) atoms. The number of carbonyl (C=O) groups is 1. The summed E-state index contributed by atoms with van der Waals surface area (Å²) in [6.45, 7) is 4.58. The summed E-state index contributed by atoms with van der Waals surface area (Å²) in [5.41, 5.74) is 1.35. The van der Waals surface area contributed by atoms with Crippen molar-refractivity contribution in [3.05, 3.63) is 59.4 Å². The fraction of sp³-hybridized carbons (Fsp3) is 0.316. The van der Waals surface area contributed by atoms with Crippen LogP contribution in [0.3, 0.4) is 0 Å². The fourth-order valence-corrected chi connectivity index (χ4v) is 3.99. The third-order valence-corrected chi connectivity index (χ3v) is 6.02. The topological polar surface area (TPSA) is 69.7 Å². The number of benzene rings is 2. The summed E-state index contributed by atoms with van der Waals surface area (Å²) in [5, 5.41) is 0. The van der Waals surface area contributed by atoms with E-state index in [2.05, 4.69) is 9.62 Å². The number of hydrogen-bond acceptors (Lipinski definition) is 4. The van der Waals surface area contributed by atoms with Crippen molar-refractivity contribution in [2.45, 2.75) is 11.8 Å². The van der Waals surface area contributed by atoms with Gasteiger partial charge in [0.05, 0.1) is 4.90 Å². The van der Waals surface area contributed by atoms with Gasteiger partial charge >= 0.3 is 0 Å². The van der Waals surface area contributed by atoms with Crippen molar-refractivity contribution in [1.82, 2.24) is 9.80 Å². The molecule has 6 nitrogen and oxygen atoms in total. The molecule has 1 fully saturated rings. The average Bonchev–Trinajstić information content (AvgIpc) is 2.64. The van der Waals surface area contributed by atoms with Gasteiger partial charge in [0.15, 0.2) is 0 Å². The van der Waals surface area contributed by atoms with Gasteiger partial charge in [-0.1, -0.05) is 6.07 Å². The molecule has 1 saturated heterocycles. The number of rotatable bonds is 4. The van der Waals surface area contributed by atoms with Crippen molar-refractivity contribution in [3.8, 4) is 0 Å². The van der Waals surface area contributed by atoms with E-state index in [1.54, 1.807) is 17.9 Å². The number of aryl methyl sites for hydroxylation is 1. The Kier molecular flexibility index (Phi) is 5.48. The second-order valence-corrected chi connectivity index (χ2v) is 8.37. The number of nitrogens with one attached hydrogen (secondary N) is 1. The van der Waals surface area contributed by atoms with Crippen molar-refractivity contribution in [2.75, 3.05) is 37.9 Å². The number of hydrogen-bond donors (Lipinski definition) is 1. The Bertz CT molecular complexity index is 937. The minimum Gasteiger partial charge on any atom is -0.336 e. The third-order valence-electron chi connectivity index (χ3n) is 4.64. The lowest BCUT2D eigenvalue weighted by Gasteiger charge is -2.32. The Labute approximate surface area is 158 Å². The number of nitrogens with zero attached hydrogens (tertiary/aromatic N) is 2. The zero-order valence-electron chi connectivity index (χ0n) is 15.3. The molecule has 1 aliphatic rings. The highest BCUT2D eigenvalue weighted by molar-refractivity contribution is 7.92. The molecule has 3 rings (SSSR count). The zero-order valence-corrected chi connectivity index (χ0v) is 16.1. The first-order valence-electron chi connectivity index (χ1n) is 8.63. The molecule has 0 bridgehead atoms. The van der Waals surface area contributed by atoms with Crippen LogP contribution in [0, 0.1) is 12.7 Å². The molecule has 2 aromatic carbocycles. The lowest BCUT2D eigenvalue weighted by molar-refractivity contribution is 0.0663. The van der Waals surface area contributed by atoms with Crippen LogP contribution in [-0.2, 0) is 10.0 Å². The monoisotopic (exact) mass is 391 g/mol. The number of carbonyl (C=O) groups excluding carboxylic acids is 1. The van der Waals surface area contributed by atoms with Crippen LogP contribution in [0.25, 0.3) is 0 Å². The molecule has 1 N–H and O–H groups in total. The highest BCUT2D eigenvalue weighted by atomic mass is 32.2. The summed E-state index contributed by atoms with van der Waals surface area (Å²) < 4.78 is 40.7. The highest BCUT2D eigenvalue weighted by Gasteiger charge is 2.24. The van der Waals surface area contributed by atoms with Gasteiger partial charge in [-0.2, -0.15) is 0 Å². The molecule has 0 saturated carbocycles. The Morgan fingerprint density at radius 3 is 2.30 bits per heavy atom. The van der Waals surface area contributed by atoms with E-state index in [0.29, 0.717) is 18.7 Å². The molecule has 2 aromatic rings. The van der Waals surface area contributed by atoms with E-state index in [9.17, 15) is 17.6 Å². The van der Waals surface area contributed by atoms with Crippen molar-refractivity contribution >= 4 is 21.6 Å². The molecule has 1 heterocycles. The van der Waals surface area contributed by atoms with E-state index < -0.39 is 15.8 Å². The summed E-state index contributed by atoms with van der Waals surface area (Å²) in [6, 6.07) is 9.53. The average molecular weight is 391 g/mol. The number of halogens is 1. The van der Waals surface area contributed by atoms with Crippen LogP contribution in [-0.4, -0.2) is 57.4 Å². The molecule has 144 valence electrons. The SMILES string of the molecule is Cc1ccc(S(=O)(=O)Nc2ccc(F)cc2)cc1C(=O)N1CCN(C)CC1. The molecular weight excluding hydrogens is 369 g/mol. The second kappa shape index (κ2) is 7.66. The highest BCUT2D eigenvalue weighted by Crippen LogP contribution is 2.21. The summed E-state index contributed by atoms with van der Waals surface area (Å²) in [4.78, 5) is 16.7. The lowest BCUT2D eigenvalue weighted by Crippen LogP contribution is -2.47. The molecule has 1 amide bonds. The van der Waals surface area contributed by atoms with Crippen LogP contribution in [0.4, 0.5) is 10.1 Å². The van der Waals surface area contributed by atoms with Crippen LogP contribution < -0.4 is 4.72 Å². The number of anilines is 1. The third kappa shape index (κ3) is 4.45. The van der Waals surface area contributed by atoms with Crippen molar-refractivity contribution in [3.63, 3.8) is 0 Å². The maximum absolute atomic E-state index is 13.0. The van der Waals surface area contributed by atoms with E-state index in [-0.39, 0.29) is 16.5 Å². The molecule has 1 aliphatic heterocycles. The van der Waals surface area contributed by atoms with Crippen LogP contribution in [0.15, 0.2) is 47.4 Å². The van der Waals surface area contributed by atoms with Gasteiger partial charge in [0.1, 0.15) is 5.82 Å². The first kappa shape index (κ1) is 19.3. The van der Waals surface area contributed by atoms with Gasteiger partial charge in [-0.3, -0.25) is 9.52 Å². The number of sulfonamides is 1. The molecule has 0 radical (unpaired) electrons. The van der Waals surface area contributed by atoms with Crippen LogP contribution in [0.1, 0.15) is 15.9 Å². The van der Waals surface area contributed by atoms with E-state index in [1.165, 1.54) is 36.4 Å². The van der Waals surface area contributed by atoms with Crippen LogP contribution in [0.5, 0.6) is 0 Å². The smallest absolute Gasteiger partial charge is 0.261 e. The molecule has 0 unspecified atom stereocenters. The maximum atomic E-state index is 13.0. The van der Waals surface area contributed by atoms with Crippen LogP contribution in [0.2, 0.25) is 0 Å². The maximum Gasteiger partial charge on any atom is 0.261 e. The Hall–Kier alpha value is -2.45. The van der Waals surface area contributed by atoms with Gasteiger partial charge in [0, 0.05) is 37.4 Å². The van der Waals surface area contributed by atoms with Crippen LogP contribution >= 0.6 is 0 Å². The zero-order chi connectivity index (χ0) is 19.6. The number of amides is 1. The minimum atomic E-state index is -3.89. The van der Waals surface area contributed by atoms with Crippen molar-refractivity contribution in [2.24, 2.45) is 0 Å². The summed E-state index contributed by atoms with van der Waals surface area (Å²) in [5.74, 6) is -0.618. The van der Waals surface area contributed by atoms with Crippen molar-refractivity contribution in [1.29, 1.82) is 0 Å². The Balaban J connectivity index is 1.85. The van der Waals surface area contributed by atoms with Gasteiger partial charge in [-0.05, 0) is 55.9 Å². The number of piperazine rings is 1. The summed E-state index contributed by atoms with van der Waals surface area (Å²) >= 11 is 0. The molecule has 0 aliphatic carbocycles. The largest absolute Gasteiger partial charge is 0.336 e. The normalized spacial score (nSPS) is 15.6. The molecule has 8 heteroatoms.